The molecule has 0 aliphatic rings. The van der Waals surface area contributed by atoms with Crippen LogP contribution in [0.5, 0.6) is 0 Å². The number of thiophene rings is 1. The summed E-state index contributed by atoms with van der Waals surface area (Å²) in [5, 5.41) is 7.11. The number of nitrogens with one attached hydrogen (secondary N) is 1. The van der Waals surface area contributed by atoms with Gasteiger partial charge in [0.1, 0.15) is 0 Å². The van der Waals surface area contributed by atoms with E-state index in [9.17, 15) is 4.79 Å². The zero-order valence-corrected chi connectivity index (χ0v) is 11.8. The average molecular weight is 274 g/mol. The third kappa shape index (κ3) is 3.83. The average Bonchev–Trinajstić information content (AvgIpc) is 2.81. The Bertz CT molecular complexity index is 563. The first-order valence-corrected chi connectivity index (χ1v) is 7.23. The lowest BCUT2D eigenvalue weighted by atomic mass is 10.1. The molecule has 1 aromatic carbocycles. The number of para-hydroxylation sites is 1. The molecule has 0 saturated carbocycles. The van der Waals surface area contributed by atoms with E-state index in [4.69, 9.17) is 5.73 Å². The molecule has 0 radical (unpaired) electrons. The van der Waals surface area contributed by atoms with E-state index in [0.29, 0.717) is 19.4 Å². The van der Waals surface area contributed by atoms with E-state index in [-0.39, 0.29) is 5.91 Å². The molecular weight excluding hydrogens is 256 g/mol. The predicted molar refractivity (Wildman–Crippen MR) is 80.1 cm³/mol. The van der Waals surface area contributed by atoms with Gasteiger partial charge in [0.15, 0.2) is 0 Å². The van der Waals surface area contributed by atoms with Crippen molar-refractivity contribution in [1.82, 2.24) is 5.32 Å². The molecule has 0 aliphatic carbocycles. The van der Waals surface area contributed by atoms with Crippen molar-refractivity contribution >= 4 is 22.9 Å². The molecular formula is C15H18N2OS. The first kappa shape index (κ1) is 13.6. The van der Waals surface area contributed by atoms with E-state index in [1.165, 1.54) is 11.1 Å². The molecule has 0 fully saturated rings. The maximum atomic E-state index is 11.8. The molecule has 0 unspecified atom stereocenters. The predicted octanol–water partition coefficient (Wildman–Crippen LogP) is 2.89. The summed E-state index contributed by atoms with van der Waals surface area (Å²) in [4.78, 5) is 11.8. The van der Waals surface area contributed by atoms with Crippen LogP contribution in [0.15, 0.2) is 35.0 Å². The number of anilines is 1. The van der Waals surface area contributed by atoms with E-state index in [1.807, 2.05) is 24.3 Å². The minimum absolute atomic E-state index is 0.0638. The molecule has 4 heteroatoms. The Morgan fingerprint density at radius 1 is 1.26 bits per heavy atom. The minimum Gasteiger partial charge on any atom is -0.399 e. The SMILES string of the molecule is Cc1cscc1CNC(=O)CCc1ccccc1N. The van der Waals surface area contributed by atoms with Crippen LogP contribution < -0.4 is 11.1 Å². The molecule has 2 rings (SSSR count). The zero-order valence-electron chi connectivity index (χ0n) is 11.0. The number of amides is 1. The highest BCUT2D eigenvalue weighted by atomic mass is 32.1. The van der Waals surface area contributed by atoms with Gasteiger partial charge in [-0.1, -0.05) is 18.2 Å². The summed E-state index contributed by atoms with van der Waals surface area (Å²) >= 11 is 1.66. The number of aryl methyl sites for hydroxylation is 2. The van der Waals surface area contributed by atoms with Crippen LogP contribution in [0.1, 0.15) is 23.1 Å². The van der Waals surface area contributed by atoms with Crippen LogP contribution in [0, 0.1) is 6.92 Å². The summed E-state index contributed by atoms with van der Waals surface area (Å²) < 4.78 is 0. The Kier molecular flexibility index (Phi) is 4.58. The van der Waals surface area contributed by atoms with E-state index in [0.717, 1.165) is 11.3 Å². The Labute approximate surface area is 117 Å². The molecule has 0 saturated heterocycles. The Morgan fingerprint density at radius 3 is 2.74 bits per heavy atom. The summed E-state index contributed by atoms with van der Waals surface area (Å²) in [5.74, 6) is 0.0638. The highest BCUT2D eigenvalue weighted by Gasteiger charge is 2.05. The Hall–Kier alpha value is -1.81. The van der Waals surface area contributed by atoms with Crippen LogP contribution in [0.2, 0.25) is 0 Å². The van der Waals surface area contributed by atoms with Crippen molar-refractivity contribution in [2.24, 2.45) is 0 Å². The Balaban J connectivity index is 1.79. The molecule has 0 spiro atoms. The lowest BCUT2D eigenvalue weighted by Crippen LogP contribution is -2.23. The number of hydrogen-bond donors (Lipinski definition) is 2. The summed E-state index contributed by atoms with van der Waals surface area (Å²) in [7, 11) is 0. The highest BCUT2D eigenvalue weighted by molar-refractivity contribution is 7.08. The second-order valence-electron chi connectivity index (χ2n) is 4.56. The number of hydrogen-bond acceptors (Lipinski definition) is 3. The van der Waals surface area contributed by atoms with Gasteiger partial charge in [-0.15, -0.1) is 0 Å². The van der Waals surface area contributed by atoms with Gasteiger partial charge < -0.3 is 11.1 Å². The summed E-state index contributed by atoms with van der Waals surface area (Å²) in [5.41, 5.74) is 10.1. The van der Waals surface area contributed by atoms with Crippen molar-refractivity contribution < 1.29 is 4.79 Å². The molecule has 0 bridgehead atoms. The fourth-order valence-electron chi connectivity index (χ4n) is 1.86. The number of rotatable bonds is 5. The monoisotopic (exact) mass is 274 g/mol. The van der Waals surface area contributed by atoms with Gasteiger partial charge in [0, 0.05) is 18.7 Å². The topological polar surface area (TPSA) is 55.1 Å². The lowest BCUT2D eigenvalue weighted by Gasteiger charge is -2.07. The minimum atomic E-state index is 0.0638. The van der Waals surface area contributed by atoms with E-state index in [1.54, 1.807) is 11.3 Å². The molecule has 0 atom stereocenters. The quantitative estimate of drug-likeness (QED) is 0.824. The van der Waals surface area contributed by atoms with Crippen LogP contribution in [0.4, 0.5) is 5.69 Å². The van der Waals surface area contributed by atoms with Gasteiger partial charge in [0.2, 0.25) is 5.91 Å². The number of carbonyl (C=O) groups excluding carboxylic acids is 1. The van der Waals surface area contributed by atoms with Crippen LogP contribution in [-0.4, -0.2) is 5.91 Å². The normalized spacial score (nSPS) is 10.4. The highest BCUT2D eigenvalue weighted by Crippen LogP contribution is 2.14. The van der Waals surface area contributed by atoms with E-state index >= 15 is 0 Å². The van der Waals surface area contributed by atoms with Gasteiger partial charge >= 0.3 is 0 Å². The van der Waals surface area contributed by atoms with E-state index < -0.39 is 0 Å². The van der Waals surface area contributed by atoms with Gasteiger partial charge in [-0.05, 0) is 46.9 Å². The standard InChI is InChI=1S/C15H18N2OS/c1-11-9-19-10-13(11)8-17-15(18)7-6-12-4-2-3-5-14(12)16/h2-5,9-10H,6-8,16H2,1H3,(H,17,18). The maximum absolute atomic E-state index is 11.8. The van der Waals surface area contributed by atoms with E-state index in [2.05, 4.69) is 23.0 Å². The number of nitrogens with two attached hydrogens (primary N) is 1. The summed E-state index contributed by atoms with van der Waals surface area (Å²) in [6.45, 7) is 2.67. The molecule has 19 heavy (non-hydrogen) atoms. The molecule has 1 amide bonds. The summed E-state index contributed by atoms with van der Waals surface area (Å²) in [6.07, 6.45) is 1.15. The van der Waals surface area contributed by atoms with Crippen molar-refractivity contribution in [3.8, 4) is 0 Å². The molecule has 1 heterocycles. The number of nitrogen functional groups attached to an aromatic ring is 1. The third-order valence-corrected chi connectivity index (χ3v) is 4.02. The van der Waals surface area contributed by atoms with Gasteiger partial charge in [-0.3, -0.25) is 4.79 Å². The molecule has 2 aromatic rings. The molecule has 0 aliphatic heterocycles. The third-order valence-electron chi connectivity index (χ3n) is 3.11. The van der Waals surface area contributed by atoms with Crippen molar-refractivity contribution in [3.05, 3.63) is 51.7 Å². The van der Waals surface area contributed by atoms with Gasteiger partial charge in [0.25, 0.3) is 0 Å². The largest absolute Gasteiger partial charge is 0.399 e. The smallest absolute Gasteiger partial charge is 0.220 e. The van der Waals surface area contributed by atoms with Crippen molar-refractivity contribution in [2.75, 3.05) is 5.73 Å². The van der Waals surface area contributed by atoms with Crippen molar-refractivity contribution in [3.63, 3.8) is 0 Å². The first-order valence-electron chi connectivity index (χ1n) is 6.28. The molecule has 100 valence electrons. The summed E-state index contributed by atoms with van der Waals surface area (Å²) in [6, 6.07) is 7.67. The fourth-order valence-corrected chi connectivity index (χ4v) is 2.72. The second kappa shape index (κ2) is 6.38. The molecule has 3 nitrogen and oxygen atoms in total. The zero-order chi connectivity index (χ0) is 13.7. The molecule has 3 N–H and O–H groups in total. The number of benzene rings is 1. The van der Waals surface area contributed by atoms with Gasteiger partial charge in [-0.25, -0.2) is 0 Å². The molecule has 1 aromatic heterocycles. The van der Waals surface area contributed by atoms with Crippen LogP contribution in [-0.2, 0) is 17.8 Å². The van der Waals surface area contributed by atoms with Crippen molar-refractivity contribution in [1.29, 1.82) is 0 Å². The van der Waals surface area contributed by atoms with Gasteiger partial charge in [0.05, 0.1) is 0 Å². The van der Waals surface area contributed by atoms with Crippen LogP contribution in [0.3, 0.4) is 0 Å². The first-order chi connectivity index (χ1) is 9.16. The lowest BCUT2D eigenvalue weighted by molar-refractivity contribution is -0.121. The second-order valence-corrected chi connectivity index (χ2v) is 5.30. The maximum Gasteiger partial charge on any atom is 0.220 e. The Morgan fingerprint density at radius 2 is 2.05 bits per heavy atom. The van der Waals surface area contributed by atoms with Crippen LogP contribution in [0.25, 0.3) is 0 Å². The van der Waals surface area contributed by atoms with Gasteiger partial charge in [-0.2, -0.15) is 11.3 Å². The van der Waals surface area contributed by atoms with Crippen LogP contribution >= 0.6 is 11.3 Å². The van der Waals surface area contributed by atoms with Crippen molar-refractivity contribution in [2.45, 2.75) is 26.3 Å². The fraction of sp³-hybridized carbons (Fsp3) is 0.267. The number of carbonyl (C=O) groups is 1.